The number of fused-ring (bicyclic) bond motifs is 1. The van der Waals surface area contributed by atoms with Gasteiger partial charge in [0.25, 0.3) is 5.56 Å². The van der Waals surface area contributed by atoms with Gasteiger partial charge in [0.1, 0.15) is 5.65 Å². The van der Waals surface area contributed by atoms with Crippen molar-refractivity contribution in [2.45, 2.75) is 12.6 Å². The predicted octanol–water partition coefficient (Wildman–Crippen LogP) is 2.98. The van der Waals surface area contributed by atoms with Gasteiger partial charge < -0.3 is 0 Å². The molecule has 0 N–H and O–H groups in total. The first-order valence-corrected chi connectivity index (χ1v) is 9.31. The van der Waals surface area contributed by atoms with E-state index < -0.39 is 0 Å². The third-order valence-electron chi connectivity index (χ3n) is 4.41. The van der Waals surface area contributed by atoms with Gasteiger partial charge >= 0.3 is 0 Å². The summed E-state index contributed by atoms with van der Waals surface area (Å²) in [5.41, 5.74) is 2.88. The van der Waals surface area contributed by atoms with Crippen molar-refractivity contribution in [1.29, 1.82) is 0 Å². The Balaban J connectivity index is 1.64. The largest absolute Gasteiger partial charge is 0.289 e. The Kier molecular flexibility index (Phi) is 4.36. The molecule has 5 heteroatoms. The van der Waals surface area contributed by atoms with Crippen LogP contribution >= 0.6 is 11.8 Å². The minimum absolute atomic E-state index is 0.0155. The van der Waals surface area contributed by atoms with Gasteiger partial charge in [0.2, 0.25) is 0 Å². The highest BCUT2D eigenvalue weighted by molar-refractivity contribution is 7.99. The Labute approximate surface area is 145 Å². The molecule has 1 aromatic carbocycles. The quantitative estimate of drug-likeness (QED) is 0.736. The first kappa shape index (κ1) is 15.4. The Bertz CT molecular complexity index is 894. The topological polar surface area (TPSA) is 37.6 Å². The number of pyridine rings is 1. The van der Waals surface area contributed by atoms with Crippen LogP contribution in [0.5, 0.6) is 0 Å². The zero-order valence-corrected chi connectivity index (χ0v) is 14.2. The average Bonchev–Trinajstić information content (AvgIpc) is 2.63. The summed E-state index contributed by atoms with van der Waals surface area (Å²) < 4.78 is 1.59. The van der Waals surface area contributed by atoms with E-state index in [9.17, 15) is 4.79 Å². The van der Waals surface area contributed by atoms with Gasteiger partial charge in [-0.25, -0.2) is 4.98 Å². The van der Waals surface area contributed by atoms with Crippen molar-refractivity contribution >= 4 is 17.4 Å². The summed E-state index contributed by atoms with van der Waals surface area (Å²) in [5.74, 6) is 2.20. The van der Waals surface area contributed by atoms with Crippen LogP contribution in [0.2, 0.25) is 0 Å². The Hall–Kier alpha value is -2.11. The van der Waals surface area contributed by atoms with E-state index in [0.29, 0.717) is 18.2 Å². The van der Waals surface area contributed by atoms with Crippen molar-refractivity contribution in [1.82, 2.24) is 14.3 Å². The van der Waals surface area contributed by atoms with Crippen molar-refractivity contribution in [3.63, 3.8) is 0 Å². The van der Waals surface area contributed by atoms with Gasteiger partial charge in [-0.1, -0.05) is 36.4 Å². The normalized spacial score (nSPS) is 18.8. The van der Waals surface area contributed by atoms with Crippen LogP contribution in [0.15, 0.2) is 65.6 Å². The second kappa shape index (κ2) is 6.79. The minimum Gasteiger partial charge on any atom is -0.289 e. The number of benzene rings is 1. The molecule has 1 atom stereocenters. The molecule has 2 aromatic heterocycles. The Morgan fingerprint density at radius 3 is 2.83 bits per heavy atom. The summed E-state index contributed by atoms with van der Waals surface area (Å²) in [5, 5.41) is 0. The van der Waals surface area contributed by atoms with Crippen molar-refractivity contribution in [3.05, 3.63) is 82.4 Å². The van der Waals surface area contributed by atoms with Crippen molar-refractivity contribution in [2.24, 2.45) is 0 Å². The third kappa shape index (κ3) is 3.09. The van der Waals surface area contributed by atoms with Crippen molar-refractivity contribution in [2.75, 3.05) is 18.1 Å². The van der Waals surface area contributed by atoms with Gasteiger partial charge in [0.15, 0.2) is 0 Å². The number of rotatable bonds is 3. The van der Waals surface area contributed by atoms with Crippen LogP contribution in [0.1, 0.15) is 17.3 Å². The van der Waals surface area contributed by atoms with Gasteiger partial charge in [-0.15, -0.1) is 0 Å². The summed E-state index contributed by atoms with van der Waals surface area (Å²) in [6.45, 7) is 1.72. The van der Waals surface area contributed by atoms with E-state index in [1.807, 2.05) is 30.0 Å². The standard InChI is InChI=1S/C19H19N3OS/c23-19-12-16(20-18-8-4-5-9-22(18)19)13-21-10-11-24-14-17(21)15-6-2-1-3-7-15/h1-9,12,17H,10-11,13-14H2/t17-/m1/s1. The lowest BCUT2D eigenvalue weighted by Gasteiger charge is -2.35. The van der Waals surface area contributed by atoms with Crippen LogP contribution in [0.3, 0.4) is 0 Å². The van der Waals surface area contributed by atoms with Crippen LogP contribution < -0.4 is 5.56 Å². The molecular weight excluding hydrogens is 318 g/mol. The molecule has 0 amide bonds. The fraction of sp³-hybridized carbons (Fsp3) is 0.263. The predicted molar refractivity (Wildman–Crippen MR) is 98.4 cm³/mol. The molecule has 0 spiro atoms. The van der Waals surface area contributed by atoms with Gasteiger partial charge in [0.05, 0.1) is 5.69 Å². The molecule has 122 valence electrons. The van der Waals surface area contributed by atoms with Crippen LogP contribution in [0, 0.1) is 0 Å². The number of hydrogen-bond acceptors (Lipinski definition) is 4. The molecule has 0 unspecified atom stereocenters. The molecule has 0 saturated carbocycles. The summed E-state index contributed by atoms with van der Waals surface area (Å²) in [6.07, 6.45) is 1.76. The highest BCUT2D eigenvalue weighted by atomic mass is 32.2. The summed E-state index contributed by atoms with van der Waals surface area (Å²) in [6, 6.07) is 18.3. The molecule has 1 aliphatic rings. The van der Waals surface area contributed by atoms with E-state index in [-0.39, 0.29) is 5.56 Å². The van der Waals surface area contributed by atoms with E-state index in [2.05, 4.69) is 40.2 Å². The lowest BCUT2D eigenvalue weighted by molar-refractivity contribution is 0.209. The molecule has 4 nitrogen and oxygen atoms in total. The monoisotopic (exact) mass is 337 g/mol. The second-order valence-corrected chi connectivity index (χ2v) is 7.14. The minimum atomic E-state index is -0.0155. The molecule has 24 heavy (non-hydrogen) atoms. The molecule has 0 aliphatic carbocycles. The van der Waals surface area contributed by atoms with Crippen molar-refractivity contribution < 1.29 is 0 Å². The van der Waals surface area contributed by atoms with E-state index in [1.165, 1.54) is 5.56 Å². The highest BCUT2D eigenvalue weighted by Crippen LogP contribution is 2.30. The molecule has 1 aliphatic heterocycles. The van der Waals surface area contributed by atoms with Crippen LogP contribution in [-0.2, 0) is 6.54 Å². The van der Waals surface area contributed by atoms with Gasteiger partial charge in [0, 0.05) is 42.9 Å². The van der Waals surface area contributed by atoms with E-state index in [0.717, 1.165) is 23.7 Å². The van der Waals surface area contributed by atoms with E-state index >= 15 is 0 Å². The first-order chi connectivity index (χ1) is 11.8. The number of aromatic nitrogens is 2. The maximum absolute atomic E-state index is 12.3. The maximum atomic E-state index is 12.3. The van der Waals surface area contributed by atoms with E-state index in [1.54, 1.807) is 16.7 Å². The second-order valence-electron chi connectivity index (χ2n) is 5.99. The van der Waals surface area contributed by atoms with Gasteiger partial charge in [-0.3, -0.25) is 14.1 Å². The Morgan fingerprint density at radius 1 is 1.12 bits per heavy atom. The molecule has 3 heterocycles. The number of hydrogen-bond donors (Lipinski definition) is 0. The third-order valence-corrected chi connectivity index (χ3v) is 5.44. The molecule has 0 radical (unpaired) electrons. The molecule has 1 saturated heterocycles. The molecule has 1 fully saturated rings. The highest BCUT2D eigenvalue weighted by Gasteiger charge is 2.24. The van der Waals surface area contributed by atoms with Crippen LogP contribution in [0.4, 0.5) is 0 Å². The number of thioether (sulfide) groups is 1. The summed E-state index contributed by atoms with van der Waals surface area (Å²) >= 11 is 1.99. The van der Waals surface area contributed by atoms with Crippen molar-refractivity contribution in [3.8, 4) is 0 Å². The molecule has 0 bridgehead atoms. The van der Waals surface area contributed by atoms with Crippen LogP contribution in [0.25, 0.3) is 5.65 Å². The maximum Gasteiger partial charge on any atom is 0.258 e. The SMILES string of the molecule is O=c1cc(CN2CCSC[C@@H]2c2ccccc2)nc2ccccn12. The molecular formula is C19H19N3OS. The van der Waals surface area contributed by atoms with Crippen LogP contribution in [-0.4, -0.2) is 32.3 Å². The first-order valence-electron chi connectivity index (χ1n) is 8.15. The fourth-order valence-electron chi connectivity index (χ4n) is 3.20. The lowest BCUT2D eigenvalue weighted by atomic mass is 10.1. The Morgan fingerprint density at radius 2 is 1.96 bits per heavy atom. The number of nitrogens with zero attached hydrogens (tertiary/aromatic N) is 3. The lowest BCUT2D eigenvalue weighted by Crippen LogP contribution is -2.36. The zero-order chi connectivity index (χ0) is 16.4. The summed E-state index contributed by atoms with van der Waals surface area (Å²) in [4.78, 5) is 19.4. The zero-order valence-electron chi connectivity index (χ0n) is 13.3. The van der Waals surface area contributed by atoms with Gasteiger partial charge in [-0.05, 0) is 17.7 Å². The fourth-order valence-corrected chi connectivity index (χ4v) is 4.36. The van der Waals surface area contributed by atoms with Gasteiger partial charge in [-0.2, -0.15) is 11.8 Å². The average molecular weight is 337 g/mol. The molecule has 3 aromatic rings. The summed E-state index contributed by atoms with van der Waals surface area (Å²) in [7, 11) is 0. The smallest absolute Gasteiger partial charge is 0.258 e. The van der Waals surface area contributed by atoms with E-state index in [4.69, 9.17) is 0 Å². The molecule has 4 rings (SSSR count).